The summed E-state index contributed by atoms with van der Waals surface area (Å²) in [5.41, 5.74) is 9.37. The quantitative estimate of drug-likeness (QED) is 0.691. The number of nitrogen functional groups attached to an aromatic ring is 1. The van der Waals surface area contributed by atoms with Crippen molar-refractivity contribution in [3.63, 3.8) is 0 Å². The molecule has 1 unspecified atom stereocenters. The van der Waals surface area contributed by atoms with E-state index in [1.807, 2.05) is 55.5 Å². The van der Waals surface area contributed by atoms with Crippen molar-refractivity contribution >= 4 is 16.5 Å². The van der Waals surface area contributed by atoms with E-state index in [1.165, 1.54) is 0 Å². The number of rotatable bonds is 2. The molecule has 0 bridgehead atoms. The minimum Gasteiger partial charge on any atom is -0.399 e. The molecule has 0 heterocycles. The number of hydrogen-bond acceptors (Lipinski definition) is 2. The lowest BCUT2D eigenvalue weighted by atomic mass is 9.95. The molecule has 0 aromatic heterocycles. The molecule has 0 fully saturated rings. The van der Waals surface area contributed by atoms with Gasteiger partial charge in [0.1, 0.15) is 6.10 Å². The Hall–Kier alpha value is -2.32. The van der Waals surface area contributed by atoms with Crippen molar-refractivity contribution in [1.82, 2.24) is 0 Å². The number of aryl methyl sites for hydroxylation is 1. The van der Waals surface area contributed by atoms with Crippen molar-refractivity contribution in [3.8, 4) is 0 Å². The average Bonchev–Trinajstić information content (AvgIpc) is 2.49. The number of anilines is 1. The monoisotopic (exact) mass is 263 g/mol. The largest absolute Gasteiger partial charge is 0.399 e. The molecule has 0 radical (unpaired) electrons. The van der Waals surface area contributed by atoms with Crippen LogP contribution in [-0.2, 0) is 0 Å². The zero-order chi connectivity index (χ0) is 14.1. The molecule has 1 atom stereocenters. The Labute approximate surface area is 118 Å². The summed E-state index contributed by atoms with van der Waals surface area (Å²) in [6.45, 7) is 1.95. The molecule has 3 aromatic carbocycles. The van der Waals surface area contributed by atoms with Gasteiger partial charge in [0.15, 0.2) is 0 Å². The highest BCUT2D eigenvalue weighted by Gasteiger charge is 2.13. The predicted octanol–water partition coefficient (Wildman–Crippen LogP) is 3.81. The predicted molar refractivity (Wildman–Crippen MR) is 83.6 cm³/mol. The number of nitrogens with two attached hydrogens (primary N) is 1. The van der Waals surface area contributed by atoms with Crippen LogP contribution in [-0.4, -0.2) is 5.11 Å². The summed E-state index contributed by atoms with van der Waals surface area (Å²) >= 11 is 0. The van der Waals surface area contributed by atoms with Gasteiger partial charge >= 0.3 is 0 Å². The standard InChI is InChI=1S/C18H17NO/c1-12-11-14(9-10-17(12)19)18(20)16-8-4-6-13-5-2-3-7-15(13)16/h2-11,18,20H,19H2,1H3. The molecule has 0 aliphatic carbocycles. The molecule has 0 saturated heterocycles. The van der Waals surface area contributed by atoms with Crippen LogP contribution in [0.1, 0.15) is 22.8 Å². The lowest BCUT2D eigenvalue weighted by Crippen LogP contribution is -2.02. The van der Waals surface area contributed by atoms with E-state index in [2.05, 4.69) is 12.1 Å². The summed E-state index contributed by atoms with van der Waals surface area (Å²) in [7, 11) is 0. The molecular weight excluding hydrogens is 246 g/mol. The Morgan fingerprint density at radius 3 is 2.50 bits per heavy atom. The fourth-order valence-corrected chi connectivity index (χ4v) is 2.54. The Kier molecular flexibility index (Phi) is 3.17. The minimum absolute atomic E-state index is 0.639. The van der Waals surface area contributed by atoms with Crippen molar-refractivity contribution in [3.05, 3.63) is 77.4 Å². The van der Waals surface area contributed by atoms with Crippen LogP contribution in [0.5, 0.6) is 0 Å². The molecule has 100 valence electrons. The Morgan fingerprint density at radius 1 is 0.950 bits per heavy atom. The number of hydrogen-bond donors (Lipinski definition) is 2. The molecule has 2 nitrogen and oxygen atoms in total. The second-order valence-corrected chi connectivity index (χ2v) is 5.09. The molecular formula is C18H17NO. The third kappa shape index (κ3) is 2.15. The third-order valence-corrected chi connectivity index (χ3v) is 3.73. The van der Waals surface area contributed by atoms with Gasteiger partial charge < -0.3 is 10.8 Å². The van der Waals surface area contributed by atoms with E-state index in [9.17, 15) is 5.11 Å². The van der Waals surface area contributed by atoms with Gasteiger partial charge in [0, 0.05) is 5.69 Å². The first-order chi connectivity index (χ1) is 9.66. The number of benzene rings is 3. The van der Waals surface area contributed by atoms with Crippen LogP contribution >= 0.6 is 0 Å². The van der Waals surface area contributed by atoms with Gasteiger partial charge in [-0.3, -0.25) is 0 Å². The summed E-state index contributed by atoms with van der Waals surface area (Å²) in [6.07, 6.45) is -0.639. The molecule has 3 aromatic rings. The Morgan fingerprint density at radius 2 is 1.70 bits per heavy atom. The molecule has 0 aliphatic heterocycles. The zero-order valence-electron chi connectivity index (χ0n) is 11.4. The van der Waals surface area contributed by atoms with Crippen LogP contribution in [0.4, 0.5) is 5.69 Å². The molecule has 20 heavy (non-hydrogen) atoms. The Bertz CT molecular complexity index is 759. The Balaban J connectivity index is 2.12. The lowest BCUT2D eigenvalue weighted by molar-refractivity contribution is 0.222. The third-order valence-electron chi connectivity index (χ3n) is 3.73. The first-order valence-corrected chi connectivity index (χ1v) is 6.68. The molecule has 0 spiro atoms. The summed E-state index contributed by atoms with van der Waals surface area (Å²) in [6, 6.07) is 19.8. The zero-order valence-corrected chi connectivity index (χ0v) is 11.4. The average molecular weight is 263 g/mol. The maximum atomic E-state index is 10.7. The summed E-state index contributed by atoms with van der Waals surface area (Å²) in [5, 5.41) is 12.9. The van der Waals surface area contributed by atoms with Gasteiger partial charge in [0.2, 0.25) is 0 Å². The number of fused-ring (bicyclic) bond motifs is 1. The van der Waals surface area contributed by atoms with E-state index in [4.69, 9.17) is 5.73 Å². The van der Waals surface area contributed by atoms with Crippen LogP contribution in [0.2, 0.25) is 0 Å². The van der Waals surface area contributed by atoms with E-state index >= 15 is 0 Å². The van der Waals surface area contributed by atoms with Crippen LogP contribution in [0.3, 0.4) is 0 Å². The maximum Gasteiger partial charge on any atom is 0.105 e. The van der Waals surface area contributed by atoms with Crippen molar-refractivity contribution in [2.45, 2.75) is 13.0 Å². The topological polar surface area (TPSA) is 46.2 Å². The van der Waals surface area contributed by atoms with Gasteiger partial charge in [0.25, 0.3) is 0 Å². The van der Waals surface area contributed by atoms with Gasteiger partial charge in [-0.05, 0) is 40.5 Å². The fourth-order valence-electron chi connectivity index (χ4n) is 2.54. The highest BCUT2D eigenvalue weighted by Crippen LogP contribution is 2.30. The lowest BCUT2D eigenvalue weighted by Gasteiger charge is -2.15. The van der Waals surface area contributed by atoms with Crippen LogP contribution in [0, 0.1) is 6.92 Å². The van der Waals surface area contributed by atoms with Crippen LogP contribution < -0.4 is 5.73 Å². The van der Waals surface area contributed by atoms with Crippen LogP contribution in [0.15, 0.2) is 60.7 Å². The summed E-state index contributed by atoms with van der Waals surface area (Å²) in [4.78, 5) is 0. The van der Waals surface area contributed by atoms with E-state index in [0.29, 0.717) is 0 Å². The van der Waals surface area contributed by atoms with Crippen molar-refractivity contribution in [1.29, 1.82) is 0 Å². The van der Waals surface area contributed by atoms with Gasteiger partial charge in [-0.1, -0.05) is 54.6 Å². The number of aliphatic hydroxyl groups excluding tert-OH is 1. The molecule has 3 N–H and O–H groups in total. The van der Waals surface area contributed by atoms with E-state index in [0.717, 1.165) is 33.2 Å². The molecule has 2 heteroatoms. The highest BCUT2D eigenvalue weighted by atomic mass is 16.3. The second-order valence-electron chi connectivity index (χ2n) is 5.09. The van der Waals surface area contributed by atoms with Gasteiger partial charge in [0.05, 0.1) is 0 Å². The van der Waals surface area contributed by atoms with E-state index < -0.39 is 6.10 Å². The maximum absolute atomic E-state index is 10.7. The van der Waals surface area contributed by atoms with Crippen LogP contribution in [0.25, 0.3) is 10.8 Å². The highest BCUT2D eigenvalue weighted by molar-refractivity contribution is 5.86. The SMILES string of the molecule is Cc1cc(C(O)c2cccc3ccccc23)ccc1N. The smallest absolute Gasteiger partial charge is 0.105 e. The van der Waals surface area contributed by atoms with E-state index in [-0.39, 0.29) is 0 Å². The minimum atomic E-state index is -0.639. The first kappa shape index (κ1) is 12.7. The fraction of sp³-hybridized carbons (Fsp3) is 0.111. The summed E-state index contributed by atoms with van der Waals surface area (Å²) in [5.74, 6) is 0. The molecule has 3 rings (SSSR count). The molecule has 0 aliphatic rings. The second kappa shape index (κ2) is 4.99. The molecule has 0 amide bonds. The first-order valence-electron chi connectivity index (χ1n) is 6.68. The van der Waals surface area contributed by atoms with E-state index in [1.54, 1.807) is 0 Å². The normalized spacial score (nSPS) is 12.5. The van der Waals surface area contributed by atoms with Crippen molar-refractivity contribution < 1.29 is 5.11 Å². The number of aliphatic hydroxyl groups is 1. The molecule has 0 saturated carbocycles. The van der Waals surface area contributed by atoms with Gasteiger partial charge in [-0.2, -0.15) is 0 Å². The van der Waals surface area contributed by atoms with Gasteiger partial charge in [-0.25, -0.2) is 0 Å². The van der Waals surface area contributed by atoms with Gasteiger partial charge in [-0.15, -0.1) is 0 Å². The van der Waals surface area contributed by atoms with Crippen molar-refractivity contribution in [2.24, 2.45) is 0 Å². The summed E-state index contributed by atoms with van der Waals surface area (Å²) < 4.78 is 0. The van der Waals surface area contributed by atoms with Crippen molar-refractivity contribution in [2.75, 3.05) is 5.73 Å².